The first-order chi connectivity index (χ1) is 13.4. The third-order valence-electron chi connectivity index (χ3n) is 5.70. The average molecular weight is 386 g/mol. The summed E-state index contributed by atoms with van der Waals surface area (Å²) in [4.78, 5) is 23.5. The van der Waals surface area contributed by atoms with Gasteiger partial charge >= 0.3 is 11.9 Å². The largest absolute Gasteiger partial charge is 0.472 e. The monoisotopic (exact) mass is 386 g/mol. The summed E-state index contributed by atoms with van der Waals surface area (Å²) in [6, 6.07) is 2.01. The predicted molar refractivity (Wildman–Crippen MR) is 107 cm³/mol. The van der Waals surface area contributed by atoms with Gasteiger partial charge < -0.3 is 13.9 Å². The molecule has 1 aromatic heterocycles. The SMILES string of the molecule is COC(=O)C1=CC=CCC(C)(CCc2ccoc2)C(C)CCC1=COC(C)=O. The molecule has 0 saturated heterocycles. The molecule has 28 heavy (non-hydrogen) atoms. The van der Waals surface area contributed by atoms with Crippen LogP contribution in [0.5, 0.6) is 0 Å². The number of esters is 2. The van der Waals surface area contributed by atoms with E-state index in [1.807, 2.05) is 12.1 Å². The summed E-state index contributed by atoms with van der Waals surface area (Å²) in [5, 5.41) is 0. The Balaban J connectivity index is 2.25. The summed E-state index contributed by atoms with van der Waals surface area (Å²) in [6.45, 7) is 5.90. The quantitative estimate of drug-likeness (QED) is 0.518. The predicted octanol–water partition coefficient (Wildman–Crippen LogP) is 5.14. The maximum Gasteiger partial charge on any atom is 0.338 e. The van der Waals surface area contributed by atoms with Crippen molar-refractivity contribution in [2.24, 2.45) is 11.3 Å². The Labute approximate surface area is 167 Å². The maximum atomic E-state index is 12.2. The van der Waals surface area contributed by atoms with Crippen molar-refractivity contribution >= 4 is 11.9 Å². The highest BCUT2D eigenvalue weighted by Crippen LogP contribution is 2.40. The molecule has 0 fully saturated rings. The molecule has 0 aliphatic heterocycles. The second-order valence-corrected chi connectivity index (χ2v) is 7.68. The number of carbonyl (C=O) groups is 2. The van der Waals surface area contributed by atoms with E-state index in [9.17, 15) is 9.59 Å². The van der Waals surface area contributed by atoms with E-state index in [2.05, 4.69) is 19.9 Å². The summed E-state index contributed by atoms with van der Waals surface area (Å²) >= 11 is 0. The van der Waals surface area contributed by atoms with Crippen LogP contribution in [0.1, 0.15) is 52.0 Å². The van der Waals surface area contributed by atoms with Crippen LogP contribution in [0.25, 0.3) is 0 Å². The summed E-state index contributed by atoms with van der Waals surface area (Å²) in [5.74, 6) is -0.442. The zero-order chi connectivity index (χ0) is 20.6. The van der Waals surface area contributed by atoms with Gasteiger partial charge in [-0.15, -0.1) is 0 Å². The Kier molecular flexibility index (Phi) is 7.85. The number of carbonyl (C=O) groups excluding carboxylic acids is 2. The zero-order valence-electron chi connectivity index (χ0n) is 17.2. The molecule has 152 valence electrons. The lowest BCUT2D eigenvalue weighted by atomic mass is 9.69. The molecule has 0 bridgehead atoms. The van der Waals surface area contributed by atoms with E-state index in [-0.39, 0.29) is 5.41 Å². The lowest BCUT2D eigenvalue weighted by molar-refractivity contribution is -0.137. The number of methoxy groups -OCH3 is 1. The molecule has 0 radical (unpaired) electrons. The van der Waals surface area contributed by atoms with Gasteiger partial charge in [-0.05, 0) is 61.1 Å². The van der Waals surface area contributed by atoms with Crippen LogP contribution < -0.4 is 0 Å². The highest BCUT2D eigenvalue weighted by Gasteiger charge is 2.31. The van der Waals surface area contributed by atoms with Gasteiger partial charge in [-0.2, -0.15) is 0 Å². The summed E-state index contributed by atoms with van der Waals surface area (Å²) in [7, 11) is 1.35. The molecule has 5 nitrogen and oxygen atoms in total. The number of ether oxygens (including phenoxy) is 2. The molecule has 1 aromatic rings. The third-order valence-corrected chi connectivity index (χ3v) is 5.70. The van der Waals surface area contributed by atoms with Crippen LogP contribution in [0.3, 0.4) is 0 Å². The first-order valence-electron chi connectivity index (χ1n) is 9.68. The van der Waals surface area contributed by atoms with Gasteiger partial charge in [-0.1, -0.05) is 26.0 Å². The molecule has 0 spiro atoms. The highest BCUT2D eigenvalue weighted by molar-refractivity contribution is 5.93. The van der Waals surface area contributed by atoms with E-state index >= 15 is 0 Å². The van der Waals surface area contributed by atoms with Crippen molar-refractivity contribution in [2.75, 3.05) is 7.11 Å². The van der Waals surface area contributed by atoms with Crippen molar-refractivity contribution in [1.82, 2.24) is 0 Å². The lowest BCUT2D eigenvalue weighted by Crippen LogP contribution is -2.26. The topological polar surface area (TPSA) is 65.7 Å². The molecule has 5 heteroatoms. The zero-order valence-corrected chi connectivity index (χ0v) is 17.2. The Morgan fingerprint density at radius 2 is 2.18 bits per heavy atom. The molecule has 0 saturated carbocycles. The molecule has 1 aliphatic rings. The van der Waals surface area contributed by atoms with Crippen molar-refractivity contribution in [3.8, 4) is 0 Å². The Morgan fingerprint density at radius 3 is 2.82 bits per heavy atom. The number of hydrogen-bond acceptors (Lipinski definition) is 5. The van der Waals surface area contributed by atoms with Crippen LogP contribution in [0.2, 0.25) is 0 Å². The van der Waals surface area contributed by atoms with Crippen LogP contribution in [0.15, 0.2) is 58.6 Å². The van der Waals surface area contributed by atoms with Crippen molar-refractivity contribution < 1.29 is 23.5 Å². The van der Waals surface area contributed by atoms with Gasteiger partial charge in [0.05, 0.1) is 31.5 Å². The molecule has 0 N–H and O–H groups in total. The van der Waals surface area contributed by atoms with Crippen molar-refractivity contribution in [1.29, 1.82) is 0 Å². The molecular formula is C23H30O5. The van der Waals surface area contributed by atoms with E-state index in [1.165, 1.54) is 25.9 Å². The lowest BCUT2D eigenvalue weighted by Gasteiger charge is -2.36. The Morgan fingerprint density at radius 1 is 1.39 bits per heavy atom. The van der Waals surface area contributed by atoms with Gasteiger partial charge in [0.15, 0.2) is 0 Å². The Hall–Kier alpha value is -2.56. The van der Waals surface area contributed by atoms with E-state index < -0.39 is 11.9 Å². The van der Waals surface area contributed by atoms with E-state index in [0.717, 1.165) is 25.7 Å². The molecule has 1 heterocycles. The number of rotatable bonds is 5. The fourth-order valence-electron chi connectivity index (χ4n) is 3.46. The molecule has 1 aliphatic carbocycles. The average Bonchev–Trinajstić information content (AvgIpc) is 3.19. The second kappa shape index (κ2) is 10.1. The van der Waals surface area contributed by atoms with Crippen molar-refractivity contribution in [2.45, 2.75) is 52.9 Å². The fraction of sp³-hybridized carbons (Fsp3) is 0.478. The number of hydrogen-bond donors (Lipinski definition) is 0. The molecule has 2 rings (SSSR count). The third kappa shape index (κ3) is 5.98. The van der Waals surface area contributed by atoms with Gasteiger partial charge in [-0.3, -0.25) is 4.79 Å². The van der Waals surface area contributed by atoms with Crippen LogP contribution in [0.4, 0.5) is 0 Å². The van der Waals surface area contributed by atoms with Crippen molar-refractivity contribution in [3.63, 3.8) is 0 Å². The molecule has 0 aromatic carbocycles. The van der Waals surface area contributed by atoms with Crippen LogP contribution in [-0.2, 0) is 25.5 Å². The van der Waals surface area contributed by atoms with E-state index in [0.29, 0.717) is 23.5 Å². The highest BCUT2D eigenvalue weighted by atomic mass is 16.5. The summed E-state index contributed by atoms with van der Waals surface area (Å²) < 4.78 is 15.2. The Bertz CT molecular complexity index is 754. The van der Waals surface area contributed by atoms with Crippen LogP contribution in [-0.4, -0.2) is 19.0 Å². The van der Waals surface area contributed by atoms with Crippen molar-refractivity contribution in [3.05, 3.63) is 59.8 Å². The fourth-order valence-corrected chi connectivity index (χ4v) is 3.46. The first kappa shape index (κ1) is 21.7. The molecular weight excluding hydrogens is 356 g/mol. The van der Waals surface area contributed by atoms with Gasteiger partial charge in [-0.25, -0.2) is 4.79 Å². The molecule has 0 amide bonds. The number of furan rings is 1. The smallest absolute Gasteiger partial charge is 0.338 e. The van der Waals surface area contributed by atoms with E-state index in [4.69, 9.17) is 13.9 Å². The summed E-state index contributed by atoms with van der Waals surface area (Å²) in [6.07, 6.45) is 15.0. The number of allylic oxidation sites excluding steroid dienone is 3. The van der Waals surface area contributed by atoms with Gasteiger partial charge in [0.25, 0.3) is 0 Å². The minimum atomic E-state index is -0.431. The first-order valence-corrected chi connectivity index (χ1v) is 9.68. The van der Waals surface area contributed by atoms with Gasteiger partial charge in [0.2, 0.25) is 0 Å². The molecule has 2 unspecified atom stereocenters. The van der Waals surface area contributed by atoms with Gasteiger partial charge in [0.1, 0.15) is 0 Å². The van der Waals surface area contributed by atoms with Crippen LogP contribution in [0, 0.1) is 11.3 Å². The van der Waals surface area contributed by atoms with Crippen LogP contribution >= 0.6 is 0 Å². The normalized spacial score (nSPS) is 24.5. The standard InChI is InChI=1S/C23H30O5/c1-17-8-9-20(16-28-18(2)24)21(22(25)26-4)7-5-6-12-23(17,3)13-10-19-11-14-27-15-19/h5-7,11,14-17H,8-10,12-13H2,1-4H3. The number of aryl methyl sites for hydroxylation is 1. The summed E-state index contributed by atoms with van der Waals surface area (Å²) in [5.41, 5.74) is 2.42. The minimum absolute atomic E-state index is 0.108. The molecule has 2 atom stereocenters. The van der Waals surface area contributed by atoms with E-state index in [1.54, 1.807) is 18.6 Å². The second-order valence-electron chi connectivity index (χ2n) is 7.68. The minimum Gasteiger partial charge on any atom is -0.472 e. The van der Waals surface area contributed by atoms with Gasteiger partial charge in [0, 0.05) is 12.5 Å². The maximum absolute atomic E-state index is 12.2.